The van der Waals surface area contributed by atoms with Crippen LogP contribution in [0.5, 0.6) is 0 Å². The third kappa shape index (κ3) is 7.73. The first-order valence-corrected chi connectivity index (χ1v) is 10.2. The minimum Gasteiger partial charge on any atom is -0.356 e. The summed E-state index contributed by atoms with van der Waals surface area (Å²) >= 11 is 1.95. The number of thioether (sulfide) groups is 1. The molecular weight excluding hydrogens is 459 g/mol. The molecule has 7 heteroatoms. The van der Waals surface area contributed by atoms with E-state index in [9.17, 15) is 4.79 Å². The predicted molar refractivity (Wildman–Crippen MR) is 122 cm³/mol. The van der Waals surface area contributed by atoms with Gasteiger partial charge in [-0.3, -0.25) is 9.79 Å². The van der Waals surface area contributed by atoms with Crippen molar-refractivity contribution in [2.75, 3.05) is 26.9 Å². The van der Waals surface area contributed by atoms with Gasteiger partial charge in [-0.2, -0.15) is 11.8 Å². The fourth-order valence-electron chi connectivity index (χ4n) is 3.10. The number of nitrogens with zero attached hydrogens (tertiary/aromatic N) is 2. The van der Waals surface area contributed by atoms with Gasteiger partial charge in [0.15, 0.2) is 5.96 Å². The zero-order valence-corrected chi connectivity index (χ0v) is 19.1. The number of amides is 1. The molecule has 5 nitrogen and oxygen atoms in total. The second kappa shape index (κ2) is 12.4. The lowest BCUT2D eigenvalue weighted by atomic mass is 10.2. The summed E-state index contributed by atoms with van der Waals surface area (Å²) in [5.74, 6) is 0.931. The number of hydrogen-bond donors (Lipinski definition) is 2. The maximum Gasteiger partial charge on any atom is 0.224 e. The molecule has 1 saturated carbocycles. The molecule has 2 unspecified atom stereocenters. The smallest absolute Gasteiger partial charge is 0.224 e. The molecule has 1 fully saturated rings. The number of guanidine groups is 1. The highest BCUT2D eigenvalue weighted by atomic mass is 127. The maximum absolute atomic E-state index is 12.3. The first-order valence-electron chi connectivity index (χ1n) is 8.90. The van der Waals surface area contributed by atoms with Crippen molar-refractivity contribution in [3.05, 3.63) is 35.9 Å². The molecule has 1 aromatic carbocycles. The fraction of sp³-hybridized carbons (Fsp3) is 0.579. The molecule has 1 aliphatic rings. The van der Waals surface area contributed by atoms with Crippen LogP contribution >= 0.6 is 35.7 Å². The van der Waals surface area contributed by atoms with Crippen LogP contribution in [0.1, 0.15) is 31.2 Å². The van der Waals surface area contributed by atoms with Gasteiger partial charge in [-0.25, -0.2) is 0 Å². The van der Waals surface area contributed by atoms with E-state index in [0.717, 1.165) is 16.8 Å². The van der Waals surface area contributed by atoms with Crippen molar-refractivity contribution in [2.24, 2.45) is 4.99 Å². The standard InChI is InChI=1S/C19H30N4OS.HI/c1-20-19(22-16-9-10-17(13-16)25-3)21-12-11-18(24)23(2)14-15-7-5-4-6-8-15;/h4-8,16-17H,9-14H2,1-3H3,(H2,20,21,22);1H. The number of rotatable bonds is 7. The lowest BCUT2D eigenvalue weighted by Crippen LogP contribution is -2.43. The molecule has 2 rings (SSSR count). The van der Waals surface area contributed by atoms with E-state index < -0.39 is 0 Å². The van der Waals surface area contributed by atoms with Gasteiger partial charge >= 0.3 is 0 Å². The number of hydrogen-bond acceptors (Lipinski definition) is 3. The Morgan fingerprint density at radius 2 is 2.04 bits per heavy atom. The third-order valence-electron chi connectivity index (χ3n) is 4.60. The Morgan fingerprint density at radius 3 is 2.65 bits per heavy atom. The van der Waals surface area contributed by atoms with Crippen LogP contribution in [0.4, 0.5) is 0 Å². The number of carbonyl (C=O) groups excluding carboxylic acids is 1. The van der Waals surface area contributed by atoms with Crippen molar-refractivity contribution in [1.29, 1.82) is 0 Å². The van der Waals surface area contributed by atoms with Crippen LogP contribution in [-0.2, 0) is 11.3 Å². The highest BCUT2D eigenvalue weighted by Gasteiger charge is 2.24. The van der Waals surface area contributed by atoms with Crippen LogP contribution in [0.15, 0.2) is 35.3 Å². The van der Waals surface area contributed by atoms with Crippen LogP contribution in [0.25, 0.3) is 0 Å². The normalized spacial score (nSPS) is 19.6. The predicted octanol–water partition coefficient (Wildman–Crippen LogP) is 3.10. The lowest BCUT2D eigenvalue weighted by Gasteiger charge is -2.19. The van der Waals surface area contributed by atoms with Crippen molar-refractivity contribution in [3.63, 3.8) is 0 Å². The molecule has 146 valence electrons. The van der Waals surface area contributed by atoms with Crippen molar-refractivity contribution in [1.82, 2.24) is 15.5 Å². The summed E-state index contributed by atoms with van der Waals surface area (Å²) in [6.07, 6.45) is 6.27. The number of benzene rings is 1. The van der Waals surface area contributed by atoms with Crippen molar-refractivity contribution in [3.8, 4) is 0 Å². The molecule has 0 aliphatic heterocycles. The Morgan fingerprint density at radius 1 is 1.31 bits per heavy atom. The summed E-state index contributed by atoms with van der Waals surface area (Å²) in [5, 5.41) is 7.49. The Hall–Kier alpha value is -0.960. The molecule has 0 aromatic heterocycles. The van der Waals surface area contributed by atoms with Crippen LogP contribution in [0, 0.1) is 0 Å². The van der Waals surface area contributed by atoms with Crippen LogP contribution in [-0.4, -0.2) is 55.0 Å². The van der Waals surface area contributed by atoms with Crippen LogP contribution < -0.4 is 10.6 Å². The molecule has 1 aliphatic carbocycles. The van der Waals surface area contributed by atoms with Gasteiger partial charge in [-0.05, 0) is 31.1 Å². The van der Waals surface area contributed by atoms with E-state index in [1.807, 2.05) is 49.1 Å². The van der Waals surface area contributed by atoms with Gasteiger partial charge in [0.05, 0.1) is 0 Å². The van der Waals surface area contributed by atoms with Gasteiger partial charge in [-0.1, -0.05) is 30.3 Å². The first kappa shape index (κ1) is 23.1. The van der Waals surface area contributed by atoms with Gasteiger partial charge in [0.25, 0.3) is 0 Å². The van der Waals surface area contributed by atoms with E-state index in [1.165, 1.54) is 19.3 Å². The molecule has 0 heterocycles. The number of aliphatic imine (C=N–C) groups is 1. The van der Waals surface area contributed by atoms with E-state index in [2.05, 4.69) is 21.9 Å². The van der Waals surface area contributed by atoms with Gasteiger partial charge < -0.3 is 15.5 Å². The molecule has 26 heavy (non-hydrogen) atoms. The second-order valence-electron chi connectivity index (χ2n) is 6.50. The Bertz CT molecular complexity index is 570. The van der Waals surface area contributed by atoms with Gasteiger partial charge in [0.2, 0.25) is 5.91 Å². The van der Waals surface area contributed by atoms with Crippen molar-refractivity contribution >= 4 is 47.6 Å². The minimum absolute atomic E-state index is 0. The molecule has 0 bridgehead atoms. The monoisotopic (exact) mass is 490 g/mol. The Labute approximate surface area is 178 Å². The SMILES string of the molecule is CN=C(NCCC(=O)N(C)Cc1ccccc1)NC1CCC(SC)C1.I. The third-order valence-corrected chi connectivity index (χ3v) is 5.70. The quantitative estimate of drug-likeness (QED) is 0.351. The van der Waals surface area contributed by atoms with Gasteiger partial charge in [-0.15, -0.1) is 24.0 Å². The van der Waals surface area contributed by atoms with Crippen LogP contribution in [0.3, 0.4) is 0 Å². The van der Waals surface area contributed by atoms with E-state index in [1.54, 1.807) is 11.9 Å². The molecular formula is C19H31IN4OS. The number of nitrogens with one attached hydrogen (secondary N) is 2. The highest BCUT2D eigenvalue weighted by Crippen LogP contribution is 2.27. The number of carbonyl (C=O) groups is 1. The number of halogens is 1. The summed E-state index contributed by atoms with van der Waals surface area (Å²) in [7, 11) is 3.63. The maximum atomic E-state index is 12.3. The molecule has 0 spiro atoms. The summed E-state index contributed by atoms with van der Waals surface area (Å²) in [6.45, 7) is 1.24. The fourth-order valence-corrected chi connectivity index (χ4v) is 3.89. The Balaban J connectivity index is 0.00000338. The summed E-state index contributed by atoms with van der Waals surface area (Å²) in [4.78, 5) is 18.3. The molecule has 2 N–H and O–H groups in total. The minimum atomic E-state index is 0. The van der Waals surface area contributed by atoms with Crippen LogP contribution in [0.2, 0.25) is 0 Å². The Kier molecular flexibility index (Phi) is 11.0. The van der Waals surface area contributed by atoms with E-state index in [0.29, 0.717) is 25.6 Å². The average Bonchev–Trinajstić information content (AvgIpc) is 3.09. The summed E-state index contributed by atoms with van der Waals surface area (Å²) in [6, 6.07) is 10.5. The van der Waals surface area contributed by atoms with Crippen molar-refractivity contribution < 1.29 is 4.79 Å². The van der Waals surface area contributed by atoms with E-state index >= 15 is 0 Å². The molecule has 0 radical (unpaired) electrons. The molecule has 2 atom stereocenters. The van der Waals surface area contributed by atoms with Crippen molar-refractivity contribution in [2.45, 2.75) is 43.5 Å². The molecule has 1 aromatic rings. The molecule has 1 amide bonds. The summed E-state index contributed by atoms with van der Waals surface area (Å²) in [5.41, 5.74) is 1.15. The summed E-state index contributed by atoms with van der Waals surface area (Å²) < 4.78 is 0. The largest absolute Gasteiger partial charge is 0.356 e. The topological polar surface area (TPSA) is 56.7 Å². The average molecular weight is 490 g/mol. The van der Waals surface area contributed by atoms with Gasteiger partial charge in [0, 0.05) is 44.9 Å². The van der Waals surface area contributed by atoms with E-state index in [4.69, 9.17) is 0 Å². The lowest BCUT2D eigenvalue weighted by molar-refractivity contribution is -0.130. The first-order chi connectivity index (χ1) is 12.1. The zero-order chi connectivity index (χ0) is 18.1. The zero-order valence-electron chi connectivity index (χ0n) is 15.9. The second-order valence-corrected chi connectivity index (χ2v) is 7.63. The van der Waals surface area contributed by atoms with Gasteiger partial charge in [0.1, 0.15) is 0 Å². The highest BCUT2D eigenvalue weighted by molar-refractivity contribution is 14.0. The molecule has 0 saturated heterocycles. The van der Waals surface area contributed by atoms with E-state index in [-0.39, 0.29) is 29.9 Å².